The van der Waals surface area contributed by atoms with E-state index in [1.807, 2.05) is 18.2 Å². The number of para-hydroxylation sites is 1. The number of allylic oxidation sites excluding steroid dienone is 1. The molecule has 0 aliphatic heterocycles. The SMILES string of the molecule is CCCCCCCC/C=C/c1ccccc1OC. The van der Waals surface area contributed by atoms with Gasteiger partial charge in [0, 0.05) is 5.56 Å². The molecule has 1 aromatic rings. The molecular weight excluding hydrogens is 220 g/mol. The van der Waals surface area contributed by atoms with Crippen molar-refractivity contribution < 1.29 is 4.74 Å². The predicted molar refractivity (Wildman–Crippen MR) is 80.0 cm³/mol. The lowest BCUT2D eigenvalue weighted by molar-refractivity contribution is 0.414. The van der Waals surface area contributed by atoms with E-state index in [-0.39, 0.29) is 0 Å². The van der Waals surface area contributed by atoms with Crippen molar-refractivity contribution >= 4 is 6.08 Å². The lowest BCUT2D eigenvalue weighted by Crippen LogP contribution is -1.85. The molecule has 0 fully saturated rings. The van der Waals surface area contributed by atoms with Gasteiger partial charge in [-0.15, -0.1) is 0 Å². The first kappa shape index (κ1) is 14.8. The maximum atomic E-state index is 5.32. The molecule has 0 aliphatic rings. The highest BCUT2D eigenvalue weighted by atomic mass is 16.5. The summed E-state index contributed by atoms with van der Waals surface area (Å²) in [6.07, 6.45) is 13.8. The Balaban J connectivity index is 2.20. The summed E-state index contributed by atoms with van der Waals surface area (Å²) >= 11 is 0. The molecule has 1 aromatic carbocycles. The van der Waals surface area contributed by atoms with Crippen LogP contribution in [0.15, 0.2) is 30.3 Å². The molecule has 100 valence electrons. The van der Waals surface area contributed by atoms with Crippen molar-refractivity contribution in [3.8, 4) is 5.75 Å². The zero-order chi connectivity index (χ0) is 13.1. The first-order valence-corrected chi connectivity index (χ1v) is 7.18. The number of methoxy groups -OCH3 is 1. The standard InChI is InChI=1S/C17H26O/c1-3-4-5-6-7-8-9-10-13-16-14-11-12-15-17(16)18-2/h10-15H,3-9H2,1-2H3/b13-10+. The topological polar surface area (TPSA) is 9.23 Å². The van der Waals surface area contributed by atoms with Crippen molar-refractivity contribution in [1.29, 1.82) is 0 Å². The second kappa shape index (κ2) is 9.76. The van der Waals surface area contributed by atoms with Gasteiger partial charge in [0.15, 0.2) is 0 Å². The Hall–Kier alpha value is -1.24. The third-order valence-corrected chi connectivity index (χ3v) is 3.16. The van der Waals surface area contributed by atoms with Crippen LogP contribution in [-0.4, -0.2) is 7.11 Å². The number of unbranched alkanes of at least 4 members (excludes halogenated alkanes) is 6. The summed E-state index contributed by atoms with van der Waals surface area (Å²) in [7, 11) is 1.72. The minimum atomic E-state index is 0.955. The Morgan fingerprint density at radius 1 is 1.00 bits per heavy atom. The van der Waals surface area contributed by atoms with Gasteiger partial charge in [-0.1, -0.05) is 69.4 Å². The van der Waals surface area contributed by atoms with Gasteiger partial charge in [0.2, 0.25) is 0 Å². The van der Waals surface area contributed by atoms with Crippen LogP contribution in [0, 0.1) is 0 Å². The fraction of sp³-hybridized carbons (Fsp3) is 0.529. The average molecular weight is 246 g/mol. The first-order chi connectivity index (χ1) is 8.88. The van der Waals surface area contributed by atoms with Crippen LogP contribution in [-0.2, 0) is 0 Å². The molecule has 0 aliphatic carbocycles. The van der Waals surface area contributed by atoms with E-state index in [1.165, 1.54) is 50.5 Å². The molecule has 0 spiro atoms. The highest BCUT2D eigenvalue weighted by molar-refractivity contribution is 5.56. The number of rotatable bonds is 9. The molecule has 0 atom stereocenters. The van der Waals surface area contributed by atoms with Crippen molar-refractivity contribution in [2.24, 2.45) is 0 Å². The van der Waals surface area contributed by atoms with Crippen LogP contribution >= 0.6 is 0 Å². The number of benzene rings is 1. The third kappa shape index (κ3) is 5.90. The van der Waals surface area contributed by atoms with E-state index in [0.29, 0.717) is 0 Å². The summed E-state index contributed by atoms with van der Waals surface area (Å²) in [5, 5.41) is 0. The van der Waals surface area contributed by atoms with Gasteiger partial charge in [-0.05, 0) is 18.9 Å². The van der Waals surface area contributed by atoms with Gasteiger partial charge >= 0.3 is 0 Å². The molecule has 1 rings (SSSR count). The minimum Gasteiger partial charge on any atom is -0.496 e. The van der Waals surface area contributed by atoms with Crippen LogP contribution < -0.4 is 4.74 Å². The van der Waals surface area contributed by atoms with Crippen LogP contribution in [0.25, 0.3) is 6.08 Å². The molecule has 18 heavy (non-hydrogen) atoms. The Labute approximate surface area is 112 Å². The normalized spacial score (nSPS) is 11.0. The van der Waals surface area contributed by atoms with Gasteiger partial charge in [-0.25, -0.2) is 0 Å². The van der Waals surface area contributed by atoms with Gasteiger partial charge in [0.1, 0.15) is 5.75 Å². The largest absolute Gasteiger partial charge is 0.496 e. The van der Waals surface area contributed by atoms with Crippen molar-refractivity contribution in [3.05, 3.63) is 35.9 Å². The molecule has 1 nitrogen and oxygen atoms in total. The molecule has 0 radical (unpaired) electrons. The third-order valence-electron chi connectivity index (χ3n) is 3.16. The second-order valence-corrected chi connectivity index (χ2v) is 4.70. The summed E-state index contributed by atoms with van der Waals surface area (Å²) in [5.74, 6) is 0.955. The lowest BCUT2D eigenvalue weighted by Gasteiger charge is -2.03. The van der Waals surface area contributed by atoms with E-state index in [4.69, 9.17) is 4.74 Å². The summed E-state index contributed by atoms with van der Waals surface area (Å²) in [4.78, 5) is 0. The maximum Gasteiger partial charge on any atom is 0.126 e. The number of hydrogen-bond acceptors (Lipinski definition) is 1. The smallest absolute Gasteiger partial charge is 0.126 e. The highest BCUT2D eigenvalue weighted by Crippen LogP contribution is 2.19. The summed E-state index contributed by atoms with van der Waals surface area (Å²) in [6, 6.07) is 8.15. The van der Waals surface area contributed by atoms with E-state index < -0.39 is 0 Å². The lowest BCUT2D eigenvalue weighted by atomic mass is 10.1. The van der Waals surface area contributed by atoms with Crippen LogP contribution in [0.1, 0.15) is 57.4 Å². The maximum absolute atomic E-state index is 5.32. The Morgan fingerprint density at radius 2 is 1.72 bits per heavy atom. The van der Waals surface area contributed by atoms with Crippen molar-refractivity contribution in [1.82, 2.24) is 0 Å². The number of ether oxygens (including phenoxy) is 1. The second-order valence-electron chi connectivity index (χ2n) is 4.70. The minimum absolute atomic E-state index is 0.955. The van der Waals surface area contributed by atoms with Crippen LogP contribution in [0.2, 0.25) is 0 Å². The molecule has 0 N–H and O–H groups in total. The van der Waals surface area contributed by atoms with Crippen molar-refractivity contribution in [2.75, 3.05) is 7.11 Å². The number of hydrogen-bond donors (Lipinski definition) is 0. The first-order valence-electron chi connectivity index (χ1n) is 7.18. The van der Waals surface area contributed by atoms with Crippen LogP contribution in [0.3, 0.4) is 0 Å². The van der Waals surface area contributed by atoms with E-state index in [0.717, 1.165) is 5.75 Å². The van der Waals surface area contributed by atoms with Gasteiger partial charge in [0.05, 0.1) is 7.11 Å². The molecule has 0 unspecified atom stereocenters. The van der Waals surface area contributed by atoms with Gasteiger partial charge in [-0.2, -0.15) is 0 Å². The zero-order valence-electron chi connectivity index (χ0n) is 11.8. The van der Waals surface area contributed by atoms with Gasteiger partial charge in [0.25, 0.3) is 0 Å². The summed E-state index contributed by atoms with van der Waals surface area (Å²) < 4.78 is 5.32. The van der Waals surface area contributed by atoms with Gasteiger partial charge in [-0.3, -0.25) is 0 Å². The fourth-order valence-electron chi connectivity index (χ4n) is 2.06. The molecule has 0 saturated carbocycles. The highest BCUT2D eigenvalue weighted by Gasteiger charge is 1.95. The average Bonchev–Trinajstić information content (AvgIpc) is 2.42. The zero-order valence-corrected chi connectivity index (χ0v) is 11.8. The van der Waals surface area contributed by atoms with E-state index in [2.05, 4.69) is 25.1 Å². The van der Waals surface area contributed by atoms with Crippen molar-refractivity contribution in [3.63, 3.8) is 0 Å². The predicted octanol–water partition coefficient (Wildman–Crippen LogP) is 5.46. The molecule has 0 saturated heterocycles. The van der Waals surface area contributed by atoms with E-state index in [1.54, 1.807) is 7.11 Å². The molecule has 0 heterocycles. The van der Waals surface area contributed by atoms with Gasteiger partial charge < -0.3 is 4.74 Å². The monoisotopic (exact) mass is 246 g/mol. The van der Waals surface area contributed by atoms with Crippen LogP contribution in [0.5, 0.6) is 5.75 Å². The summed E-state index contributed by atoms with van der Waals surface area (Å²) in [5.41, 5.74) is 1.17. The fourth-order valence-corrected chi connectivity index (χ4v) is 2.06. The molecule has 1 heteroatoms. The molecule has 0 amide bonds. The summed E-state index contributed by atoms with van der Waals surface area (Å²) in [6.45, 7) is 2.26. The van der Waals surface area contributed by atoms with Crippen molar-refractivity contribution in [2.45, 2.75) is 51.9 Å². The quantitative estimate of drug-likeness (QED) is 0.526. The molecule has 0 aromatic heterocycles. The van der Waals surface area contributed by atoms with E-state index >= 15 is 0 Å². The van der Waals surface area contributed by atoms with Crippen LogP contribution in [0.4, 0.5) is 0 Å². The van der Waals surface area contributed by atoms with E-state index in [9.17, 15) is 0 Å². The molecular formula is C17H26O. The Bertz CT molecular complexity index is 341. The Kier molecular flexibility index (Phi) is 8.03. The molecule has 0 bridgehead atoms. The Morgan fingerprint density at radius 3 is 2.50 bits per heavy atom.